The quantitative estimate of drug-likeness (QED) is 0.794. The van der Waals surface area contributed by atoms with E-state index in [0.717, 1.165) is 5.52 Å². The lowest BCUT2D eigenvalue weighted by atomic mass is 9.89. The molecule has 0 radical (unpaired) electrons. The maximum Gasteiger partial charge on any atom is 0.255 e. The Morgan fingerprint density at radius 1 is 1.28 bits per heavy atom. The molecule has 0 spiro atoms. The molecule has 2 aromatic heterocycles. The van der Waals surface area contributed by atoms with E-state index in [4.69, 9.17) is 4.74 Å². The molecule has 0 aliphatic heterocycles. The Kier molecular flexibility index (Phi) is 3.87. The maximum absolute atomic E-state index is 13.5. The highest BCUT2D eigenvalue weighted by atomic mass is 19.1. The van der Waals surface area contributed by atoms with Crippen LogP contribution in [0.1, 0.15) is 28.8 Å². The zero-order chi connectivity index (χ0) is 17.4. The van der Waals surface area contributed by atoms with Gasteiger partial charge in [-0.15, -0.1) is 0 Å². The van der Waals surface area contributed by atoms with Crippen LogP contribution in [0.15, 0.2) is 48.8 Å². The number of aromatic nitrogens is 2. The van der Waals surface area contributed by atoms with E-state index in [2.05, 4.69) is 10.4 Å². The number of pyridine rings is 1. The summed E-state index contributed by atoms with van der Waals surface area (Å²) >= 11 is 0. The van der Waals surface area contributed by atoms with Gasteiger partial charge in [0.2, 0.25) is 0 Å². The number of carbonyl (C=O) groups excluding carboxylic acids is 1. The van der Waals surface area contributed by atoms with Gasteiger partial charge in [0.15, 0.2) is 0 Å². The standard InChI is InChI=1S/C19H18FN3O2/c1-12-16(20)5-4-7-18(12)25-14-9-13(10-14)22-19(24)15-11-21-23-8-3-2-6-17(15)23/h2-8,11,13-14H,9-10H2,1H3,(H,22,24)/t13-,14-. The molecule has 3 aromatic rings. The summed E-state index contributed by atoms with van der Waals surface area (Å²) in [6, 6.07) is 10.5. The van der Waals surface area contributed by atoms with Gasteiger partial charge in [0, 0.05) is 30.6 Å². The SMILES string of the molecule is Cc1c(F)cccc1O[C@H]1C[C@H](NC(=O)c2cnn3ccccc23)C1. The highest BCUT2D eigenvalue weighted by Gasteiger charge is 2.33. The number of benzene rings is 1. The highest BCUT2D eigenvalue weighted by Crippen LogP contribution is 2.29. The molecule has 0 bridgehead atoms. The van der Waals surface area contributed by atoms with Crippen molar-refractivity contribution in [3.63, 3.8) is 0 Å². The van der Waals surface area contributed by atoms with Gasteiger partial charge in [-0.05, 0) is 31.2 Å². The number of hydrogen-bond acceptors (Lipinski definition) is 3. The van der Waals surface area contributed by atoms with Crippen LogP contribution in [-0.2, 0) is 0 Å². The number of nitrogens with one attached hydrogen (secondary N) is 1. The van der Waals surface area contributed by atoms with Gasteiger partial charge < -0.3 is 10.1 Å². The molecule has 1 amide bonds. The molecule has 2 heterocycles. The first kappa shape index (κ1) is 15.6. The van der Waals surface area contributed by atoms with Gasteiger partial charge in [0.1, 0.15) is 17.7 Å². The number of carbonyl (C=O) groups is 1. The van der Waals surface area contributed by atoms with Crippen LogP contribution < -0.4 is 10.1 Å². The van der Waals surface area contributed by atoms with Gasteiger partial charge in [-0.2, -0.15) is 5.10 Å². The Morgan fingerprint density at radius 3 is 2.96 bits per heavy atom. The summed E-state index contributed by atoms with van der Waals surface area (Å²) < 4.78 is 21.0. The lowest BCUT2D eigenvalue weighted by Crippen LogP contribution is -2.49. The van der Waals surface area contributed by atoms with Crippen molar-refractivity contribution in [1.29, 1.82) is 0 Å². The van der Waals surface area contributed by atoms with Crippen molar-refractivity contribution in [3.05, 3.63) is 65.7 Å². The third-order valence-corrected chi connectivity index (χ3v) is 4.61. The van der Waals surface area contributed by atoms with E-state index in [1.165, 1.54) is 6.07 Å². The minimum absolute atomic E-state index is 0.00490. The van der Waals surface area contributed by atoms with E-state index in [9.17, 15) is 9.18 Å². The van der Waals surface area contributed by atoms with Crippen LogP contribution in [0.4, 0.5) is 4.39 Å². The molecule has 1 aliphatic rings. The normalized spacial score (nSPS) is 19.4. The first-order valence-electron chi connectivity index (χ1n) is 8.27. The highest BCUT2D eigenvalue weighted by molar-refractivity contribution is 6.00. The van der Waals surface area contributed by atoms with Crippen molar-refractivity contribution in [2.75, 3.05) is 0 Å². The molecule has 0 unspecified atom stereocenters. The van der Waals surface area contributed by atoms with Gasteiger partial charge in [0.05, 0.1) is 17.3 Å². The van der Waals surface area contributed by atoms with Gasteiger partial charge in [-0.25, -0.2) is 8.91 Å². The van der Waals surface area contributed by atoms with Crippen molar-refractivity contribution >= 4 is 11.4 Å². The Bertz CT molecular complexity index is 931. The molecule has 4 rings (SSSR count). The Labute approximate surface area is 144 Å². The van der Waals surface area contributed by atoms with Crippen LogP contribution >= 0.6 is 0 Å². The van der Waals surface area contributed by atoms with Gasteiger partial charge in [0.25, 0.3) is 5.91 Å². The second kappa shape index (κ2) is 6.20. The predicted octanol–water partition coefficient (Wildman–Crippen LogP) is 3.12. The summed E-state index contributed by atoms with van der Waals surface area (Å²) in [4.78, 5) is 12.4. The molecule has 6 heteroatoms. The Balaban J connectivity index is 1.35. The summed E-state index contributed by atoms with van der Waals surface area (Å²) in [7, 11) is 0. The van der Waals surface area contributed by atoms with Crippen molar-refractivity contribution in [3.8, 4) is 5.75 Å². The lowest BCUT2D eigenvalue weighted by Gasteiger charge is -2.36. The average molecular weight is 339 g/mol. The summed E-state index contributed by atoms with van der Waals surface area (Å²) in [5, 5.41) is 7.18. The van der Waals surface area contributed by atoms with E-state index in [1.807, 2.05) is 18.2 Å². The zero-order valence-electron chi connectivity index (χ0n) is 13.8. The van der Waals surface area contributed by atoms with E-state index < -0.39 is 0 Å². The first-order valence-corrected chi connectivity index (χ1v) is 8.27. The Hall–Kier alpha value is -2.89. The first-order chi connectivity index (χ1) is 12.1. The molecular formula is C19H18FN3O2. The van der Waals surface area contributed by atoms with E-state index in [0.29, 0.717) is 29.7 Å². The van der Waals surface area contributed by atoms with Crippen molar-refractivity contribution in [2.24, 2.45) is 0 Å². The van der Waals surface area contributed by atoms with Crippen LogP contribution in [0.25, 0.3) is 5.52 Å². The number of halogens is 1. The number of ether oxygens (including phenoxy) is 1. The number of rotatable bonds is 4. The fourth-order valence-electron chi connectivity index (χ4n) is 3.05. The van der Waals surface area contributed by atoms with E-state index in [-0.39, 0.29) is 23.9 Å². The lowest BCUT2D eigenvalue weighted by molar-refractivity contribution is 0.0697. The fourth-order valence-corrected chi connectivity index (χ4v) is 3.05. The zero-order valence-corrected chi connectivity index (χ0v) is 13.8. The molecule has 25 heavy (non-hydrogen) atoms. The van der Waals surface area contributed by atoms with Crippen molar-refractivity contribution in [1.82, 2.24) is 14.9 Å². The molecule has 0 atom stereocenters. The third-order valence-electron chi connectivity index (χ3n) is 4.61. The van der Waals surface area contributed by atoms with Crippen LogP contribution in [0.5, 0.6) is 5.75 Å². The fraction of sp³-hybridized carbons (Fsp3) is 0.263. The van der Waals surface area contributed by atoms with Crippen molar-refractivity contribution in [2.45, 2.75) is 31.9 Å². The van der Waals surface area contributed by atoms with Crippen molar-refractivity contribution < 1.29 is 13.9 Å². The molecule has 1 saturated carbocycles. The largest absolute Gasteiger partial charge is 0.490 e. The summed E-state index contributed by atoms with van der Waals surface area (Å²) in [5.74, 6) is 0.166. The predicted molar refractivity (Wildman–Crippen MR) is 91.2 cm³/mol. The summed E-state index contributed by atoms with van der Waals surface area (Å²) in [5.41, 5.74) is 1.86. The smallest absolute Gasteiger partial charge is 0.255 e. The topological polar surface area (TPSA) is 55.6 Å². The molecule has 1 fully saturated rings. The van der Waals surface area contributed by atoms with E-state index >= 15 is 0 Å². The van der Waals surface area contributed by atoms with Crippen LogP contribution in [0.3, 0.4) is 0 Å². The summed E-state index contributed by atoms with van der Waals surface area (Å²) in [6.07, 6.45) is 4.80. The number of hydrogen-bond donors (Lipinski definition) is 1. The maximum atomic E-state index is 13.5. The number of fused-ring (bicyclic) bond motifs is 1. The van der Waals surface area contributed by atoms with Crippen LogP contribution in [0.2, 0.25) is 0 Å². The average Bonchev–Trinajstić information content (AvgIpc) is 3.01. The number of nitrogens with zero attached hydrogens (tertiary/aromatic N) is 2. The molecule has 1 N–H and O–H groups in total. The summed E-state index contributed by atoms with van der Waals surface area (Å²) in [6.45, 7) is 1.70. The molecule has 0 saturated heterocycles. The number of amides is 1. The van der Waals surface area contributed by atoms with Gasteiger partial charge in [-0.1, -0.05) is 12.1 Å². The minimum Gasteiger partial charge on any atom is -0.490 e. The molecule has 128 valence electrons. The molecule has 5 nitrogen and oxygen atoms in total. The van der Waals surface area contributed by atoms with E-state index in [1.54, 1.807) is 36.0 Å². The Morgan fingerprint density at radius 2 is 2.12 bits per heavy atom. The molecule has 1 aromatic carbocycles. The van der Waals surface area contributed by atoms with Crippen LogP contribution in [-0.4, -0.2) is 27.7 Å². The second-order valence-corrected chi connectivity index (χ2v) is 6.33. The third kappa shape index (κ3) is 2.95. The molecule has 1 aliphatic carbocycles. The monoisotopic (exact) mass is 339 g/mol. The van der Waals surface area contributed by atoms with Gasteiger partial charge >= 0.3 is 0 Å². The second-order valence-electron chi connectivity index (χ2n) is 6.33. The molecular weight excluding hydrogens is 321 g/mol. The van der Waals surface area contributed by atoms with Gasteiger partial charge in [-0.3, -0.25) is 4.79 Å². The van der Waals surface area contributed by atoms with Crippen LogP contribution in [0, 0.1) is 12.7 Å². The minimum atomic E-state index is -0.269.